The van der Waals surface area contributed by atoms with Gasteiger partial charge in [0.1, 0.15) is 0 Å². The predicted molar refractivity (Wildman–Crippen MR) is 29.3 cm³/mol. The normalized spacial score (nSPS) is 14.4. The Hall–Kier alpha value is 4.07. The van der Waals surface area contributed by atoms with Crippen LogP contribution in [0.15, 0.2) is 0 Å². The minimum absolute atomic E-state index is 0. The molecule has 0 aliphatic heterocycles. The van der Waals surface area contributed by atoms with Crippen molar-refractivity contribution >= 4 is 48.5 Å². The van der Waals surface area contributed by atoms with E-state index < -0.39 is 8.65 Å². The minimum Gasteiger partial charge on any atom is 1.00 e. The van der Waals surface area contributed by atoms with Crippen molar-refractivity contribution in [3.8, 4) is 0 Å². The monoisotopic (exact) mass is 323 g/mol. The average Bonchev–Trinajstić information content (AvgIpc) is 0.650. The van der Waals surface area contributed by atoms with E-state index in [0.29, 0.717) is 0 Å². The first-order chi connectivity index (χ1) is 2.24. The van der Waals surface area contributed by atoms with Crippen LogP contribution >= 0.6 is 48.5 Å². The number of hydrogen-bond acceptors (Lipinski definition) is 0. The van der Waals surface area contributed by atoms with Crippen LogP contribution in [-0.4, -0.2) is 0 Å². The summed E-state index contributed by atoms with van der Waals surface area (Å²) >= 11 is 0. The molecule has 0 bridgehead atoms. The van der Waals surface area contributed by atoms with Gasteiger partial charge < -0.3 is 0 Å². The van der Waals surface area contributed by atoms with E-state index >= 15 is 0 Å². The van der Waals surface area contributed by atoms with Gasteiger partial charge in [-0.25, -0.2) is 0 Å². The first kappa shape index (κ1) is 18.0. The van der Waals surface area contributed by atoms with Crippen LogP contribution in [-0.2, 0) is 8.65 Å². The maximum Gasteiger partial charge on any atom is 1.00 e. The van der Waals surface area contributed by atoms with Crippen molar-refractivity contribution in [2.24, 2.45) is 0 Å². The van der Waals surface area contributed by atoms with E-state index in [2.05, 4.69) is 0 Å². The van der Waals surface area contributed by atoms with Crippen molar-refractivity contribution in [3.63, 3.8) is 0 Å². The first-order valence-electron chi connectivity index (χ1n) is 0.668. The third kappa shape index (κ3) is 50.0. The predicted octanol–water partition coefficient (Wildman–Crippen LogP) is -2.55. The summed E-state index contributed by atoms with van der Waals surface area (Å²) in [6, 6.07) is 0. The van der Waals surface area contributed by atoms with Gasteiger partial charge in [-0.2, -0.15) is 0 Å². The molecule has 0 N–H and O–H groups in total. The fourth-order valence-electron chi connectivity index (χ4n) is 0. The van der Waals surface area contributed by atoms with Crippen LogP contribution in [0.1, 0.15) is 0 Å². The second-order valence-corrected chi connectivity index (χ2v) is 26.9. The summed E-state index contributed by atoms with van der Waals surface area (Å²) in [7, 11) is 21.0. The van der Waals surface area contributed by atoms with Gasteiger partial charge in [0.2, 0.25) is 0 Å². The molecule has 0 radical (unpaired) electrons. The van der Waals surface area contributed by atoms with Crippen molar-refractivity contribution in [1.82, 2.24) is 0 Å². The Morgan fingerprint density at radius 1 is 0.625 bits per heavy atom. The Morgan fingerprint density at radius 3 is 0.625 bits per heavy atom. The zero-order valence-corrected chi connectivity index (χ0v) is 13.8. The summed E-state index contributed by atoms with van der Waals surface area (Å²) in [5, 5.41) is 0. The molecule has 0 aromatic heterocycles. The van der Waals surface area contributed by atoms with Crippen LogP contribution in [0.25, 0.3) is 0 Å². The molecule has 0 amide bonds. The Kier molecular flexibility index (Phi) is 12.8. The van der Waals surface area contributed by atoms with E-state index in [0.717, 1.165) is 0 Å². The van der Waals surface area contributed by atoms with E-state index in [1.807, 2.05) is 0 Å². The Labute approximate surface area is 113 Å². The molecule has 8 heavy (non-hydrogen) atoms. The SMILES string of the molecule is [Cl][Ru-2]([Cl])([Cl])([Cl])[Cl].[Na+].[Na+]. The molecule has 0 nitrogen and oxygen atoms in total. The molecule has 0 saturated heterocycles. The molecule has 8 heteroatoms. The van der Waals surface area contributed by atoms with Gasteiger partial charge >= 0.3 is 116 Å². The van der Waals surface area contributed by atoms with Crippen molar-refractivity contribution in [2.75, 3.05) is 0 Å². The van der Waals surface area contributed by atoms with Crippen molar-refractivity contribution in [2.45, 2.75) is 0 Å². The van der Waals surface area contributed by atoms with Crippen LogP contribution in [0.3, 0.4) is 0 Å². The van der Waals surface area contributed by atoms with Crippen molar-refractivity contribution in [3.05, 3.63) is 0 Å². The largest absolute Gasteiger partial charge is 1.00 e. The number of rotatable bonds is 0. The van der Waals surface area contributed by atoms with Crippen LogP contribution in [0.4, 0.5) is 0 Å². The molecule has 0 aromatic carbocycles. The molecular weight excluding hydrogens is 324 g/mol. The first-order valence-corrected chi connectivity index (χ1v) is 11.9. The Balaban J connectivity index is -0.000000125. The molecule has 0 aliphatic carbocycles. The summed E-state index contributed by atoms with van der Waals surface area (Å²) in [5.41, 5.74) is 0. The fraction of sp³-hybridized carbons (Fsp3) is 0. The molecule has 0 saturated carbocycles. The maximum atomic E-state index is 5.02. The molecule has 0 unspecified atom stereocenters. The summed E-state index contributed by atoms with van der Waals surface area (Å²) < 4.78 is 0. The van der Waals surface area contributed by atoms with Crippen molar-refractivity contribution < 1.29 is 67.8 Å². The second-order valence-electron chi connectivity index (χ2n) is 0.505. The zero-order valence-electron chi connectivity index (χ0n) is 4.24. The van der Waals surface area contributed by atoms with Gasteiger partial charge in [0.05, 0.1) is 0 Å². The van der Waals surface area contributed by atoms with E-state index in [-0.39, 0.29) is 59.1 Å². The van der Waals surface area contributed by atoms with Crippen molar-refractivity contribution in [1.29, 1.82) is 0 Å². The van der Waals surface area contributed by atoms with Gasteiger partial charge in [-0.3, -0.25) is 0 Å². The van der Waals surface area contributed by atoms with Crippen LogP contribution in [0.5, 0.6) is 0 Å². The molecule has 0 aliphatic rings. The molecule has 0 fully saturated rings. The van der Waals surface area contributed by atoms with Crippen LogP contribution in [0.2, 0.25) is 0 Å². The summed E-state index contributed by atoms with van der Waals surface area (Å²) in [4.78, 5) is 0. The van der Waals surface area contributed by atoms with E-state index in [1.165, 1.54) is 0 Å². The van der Waals surface area contributed by atoms with Gasteiger partial charge in [0.15, 0.2) is 0 Å². The third-order valence-corrected chi connectivity index (χ3v) is 0. The van der Waals surface area contributed by atoms with Crippen LogP contribution in [0, 0.1) is 0 Å². The van der Waals surface area contributed by atoms with Crippen LogP contribution < -0.4 is 59.1 Å². The molecule has 0 atom stereocenters. The maximum absolute atomic E-state index is 5.02. The smallest absolute Gasteiger partial charge is 1.00 e. The molecule has 0 rings (SSSR count). The van der Waals surface area contributed by atoms with E-state index in [9.17, 15) is 0 Å². The van der Waals surface area contributed by atoms with Gasteiger partial charge in [0.25, 0.3) is 0 Å². The second kappa shape index (κ2) is 5.67. The van der Waals surface area contributed by atoms with E-state index in [1.54, 1.807) is 0 Å². The standard InChI is InChI=1S/5ClH.2Na.Ru/h5*1H;;;/q;;;;;2*+1;+3/p-5. The minimum atomic E-state index is -4.11. The summed E-state index contributed by atoms with van der Waals surface area (Å²) in [6.45, 7) is 0. The summed E-state index contributed by atoms with van der Waals surface area (Å²) in [6.07, 6.45) is 0. The molecule has 45 valence electrons. The number of hydrogen-bond donors (Lipinski definition) is 0. The fourth-order valence-corrected chi connectivity index (χ4v) is 0. The quantitative estimate of drug-likeness (QED) is 0.431. The van der Waals surface area contributed by atoms with Gasteiger partial charge in [-0.1, -0.05) is 0 Å². The molecule has 0 heterocycles. The zero-order chi connectivity index (χ0) is 5.45. The summed E-state index contributed by atoms with van der Waals surface area (Å²) in [5.74, 6) is 0. The Morgan fingerprint density at radius 2 is 0.625 bits per heavy atom. The van der Waals surface area contributed by atoms with Gasteiger partial charge in [0, 0.05) is 0 Å². The molecule has 0 spiro atoms. The third-order valence-electron chi connectivity index (χ3n) is 0. The topological polar surface area (TPSA) is 0 Å². The van der Waals surface area contributed by atoms with Gasteiger partial charge in [-0.15, -0.1) is 0 Å². The average molecular weight is 324 g/mol. The number of halogens is 5. The molecular formula is Cl5Na2Ru. The molecule has 0 aromatic rings. The van der Waals surface area contributed by atoms with E-state index in [4.69, 9.17) is 48.5 Å². The Bertz CT molecular complexity index is 43.6. The van der Waals surface area contributed by atoms with Gasteiger partial charge in [-0.05, 0) is 0 Å².